The predicted molar refractivity (Wildman–Crippen MR) is 126 cm³/mol. The van der Waals surface area contributed by atoms with Gasteiger partial charge in [-0.1, -0.05) is 66.7 Å². The molecule has 5 aromatic rings. The number of amides is 1. The summed E-state index contributed by atoms with van der Waals surface area (Å²) in [7, 11) is 1.63. The van der Waals surface area contributed by atoms with Crippen molar-refractivity contribution >= 4 is 33.3 Å². The zero-order valence-corrected chi connectivity index (χ0v) is 17.0. The molecule has 0 aliphatic rings. The topological polar surface area (TPSA) is 51.2 Å². The average Bonchev–Trinajstić information content (AvgIpc) is 2.83. The number of hydrogen-bond acceptors (Lipinski definition) is 3. The highest BCUT2D eigenvalue weighted by Crippen LogP contribution is 2.29. The second-order valence-corrected chi connectivity index (χ2v) is 7.28. The first-order chi connectivity index (χ1) is 15.2. The van der Waals surface area contributed by atoms with Gasteiger partial charge in [-0.15, -0.1) is 0 Å². The molecular formula is C27H20N2O2. The number of carbonyl (C=O) groups is 1. The van der Waals surface area contributed by atoms with Crippen LogP contribution in [0, 0.1) is 0 Å². The molecule has 4 aromatic carbocycles. The largest absolute Gasteiger partial charge is 0.497 e. The van der Waals surface area contributed by atoms with E-state index in [9.17, 15) is 4.79 Å². The van der Waals surface area contributed by atoms with E-state index >= 15 is 0 Å². The van der Waals surface area contributed by atoms with Crippen molar-refractivity contribution in [1.82, 2.24) is 4.98 Å². The summed E-state index contributed by atoms with van der Waals surface area (Å²) in [4.78, 5) is 18.2. The SMILES string of the molecule is COc1cccc(-c2cc(C(=O)Nc3cccc4ccccc34)c3ccccc3n2)c1. The third-order valence-corrected chi connectivity index (χ3v) is 5.36. The minimum Gasteiger partial charge on any atom is -0.497 e. The van der Waals surface area contributed by atoms with Gasteiger partial charge >= 0.3 is 0 Å². The summed E-state index contributed by atoms with van der Waals surface area (Å²) in [5.41, 5.74) is 3.75. The van der Waals surface area contributed by atoms with Crippen molar-refractivity contribution in [3.05, 3.63) is 103 Å². The van der Waals surface area contributed by atoms with Crippen LogP contribution in [0.25, 0.3) is 32.9 Å². The van der Waals surface area contributed by atoms with Crippen LogP contribution >= 0.6 is 0 Å². The van der Waals surface area contributed by atoms with Crippen molar-refractivity contribution in [3.8, 4) is 17.0 Å². The molecule has 5 rings (SSSR count). The molecule has 4 heteroatoms. The van der Waals surface area contributed by atoms with Gasteiger partial charge in [0.25, 0.3) is 5.91 Å². The van der Waals surface area contributed by atoms with Gasteiger partial charge in [-0.3, -0.25) is 4.79 Å². The van der Waals surface area contributed by atoms with Crippen molar-refractivity contribution < 1.29 is 9.53 Å². The van der Waals surface area contributed by atoms with Gasteiger partial charge in [0.1, 0.15) is 5.75 Å². The Labute approximate surface area is 180 Å². The zero-order valence-electron chi connectivity index (χ0n) is 17.0. The molecule has 0 bridgehead atoms. The second kappa shape index (κ2) is 7.92. The molecule has 0 aliphatic carbocycles. The van der Waals surface area contributed by atoms with Crippen LogP contribution < -0.4 is 10.1 Å². The fourth-order valence-electron chi connectivity index (χ4n) is 3.82. The van der Waals surface area contributed by atoms with Crippen molar-refractivity contribution in [2.45, 2.75) is 0 Å². The van der Waals surface area contributed by atoms with E-state index in [0.717, 1.165) is 44.4 Å². The van der Waals surface area contributed by atoms with Crippen LogP contribution in [0.4, 0.5) is 5.69 Å². The maximum atomic E-state index is 13.4. The number of rotatable bonds is 4. The standard InChI is InChI=1S/C27H20N2O2/c1-31-20-11-6-10-19(16-20)26-17-23(22-13-4-5-14-25(22)28-26)27(30)29-24-15-7-9-18-8-2-3-12-21(18)24/h2-17H,1H3,(H,29,30). The van der Waals surface area contributed by atoms with Gasteiger partial charge in [0, 0.05) is 22.0 Å². The second-order valence-electron chi connectivity index (χ2n) is 7.28. The summed E-state index contributed by atoms with van der Waals surface area (Å²) >= 11 is 0. The molecule has 0 unspecified atom stereocenters. The highest BCUT2D eigenvalue weighted by atomic mass is 16.5. The number of fused-ring (bicyclic) bond motifs is 2. The van der Waals surface area contributed by atoms with E-state index in [2.05, 4.69) is 5.32 Å². The van der Waals surface area contributed by atoms with E-state index in [1.54, 1.807) is 7.11 Å². The lowest BCUT2D eigenvalue weighted by Gasteiger charge is -2.12. The quantitative estimate of drug-likeness (QED) is 0.381. The lowest BCUT2D eigenvalue weighted by Crippen LogP contribution is -2.13. The van der Waals surface area contributed by atoms with E-state index in [1.807, 2.05) is 97.1 Å². The van der Waals surface area contributed by atoms with Crippen molar-refractivity contribution in [1.29, 1.82) is 0 Å². The van der Waals surface area contributed by atoms with Gasteiger partial charge < -0.3 is 10.1 Å². The number of nitrogens with zero attached hydrogens (tertiary/aromatic N) is 1. The first-order valence-corrected chi connectivity index (χ1v) is 10.1. The molecule has 1 amide bonds. The van der Waals surface area contributed by atoms with Crippen molar-refractivity contribution in [2.75, 3.05) is 12.4 Å². The highest BCUT2D eigenvalue weighted by molar-refractivity contribution is 6.15. The van der Waals surface area contributed by atoms with Gasteiger partial charge in [-0.25, -0.2) is 4.98 Å². The first kappa shape index (κ1) is 18.8. The molecule has 0 aliphatic heterocycles. The lowest BCUT2D eigenvalue weighted by molar-refractivity contribution is 0.102. The van der Waals surface area contributed by atoms with Crippen LogP contribution in [0.15, 0.2) is 97.1 Å². The van der Waals surface area contributed by atoms with Crippen molar-refractivity contribution in [3.63, 3.8) is 0 Å². The van der Waals surface area contributed by atoms with Crippen LogP contribution in [0.1, 0.15) is 10.4 Å². The Bertz CT molecular complexity index is 1420. The maximum absolute atomic E-state index is 13.4. The molecule has 0 fully saturated rings. The van der Waals surface area contributed by atoms with E-state index in [4.69, 9.17) is 9.72 Å². The summed E-state index contributed by atoms with van der Waals surface area (Å²) in [6.07, 6.45) is 0. The molecule has 0 saturated heterocycles. The van der Waals surface area contributed by atoms with Crippen LogP contribution in [0.5, 0.6) is 5.75 Å². The Morgan fingerprint density at radius 3 is 2.42 bits per heavy atom. The van der Waals surface area contributed by atoms with Gasteiger partial charge in [0.15, 0.2) is 0 Å². The highest BCUT2D eigenvalue weighted by Gasteiger charge is 2.15. The molecule has 150 valence electrons. The minimum absolute atomic E-state index is 0.168. The van der Waals surface area contributed by atoms with E-state index in [1.165, 1.54) is 0 Å². The number of benzene rings is 4. The summed E-state index contributed by atoms with van der Waals surface area (Å²) < 4.78 is 5.35. The normalized spacial score (nSPS) is 10.9. The summed E-state index contributed by atoms with van der Waals surface area (Å²) in [6, 6.07) is 31.2. The fourth-order valence-corrected chi connectivity index (χ4v) is 3.82. The summed E-state index contributed by atoms with van der Waals surface area (Å²) in [5, 5.41) is 6.00. The Morgan fingerprint density at radius 1 is 0.806 bits per heavy atom. The molecule has 1 aromatic heterocycles. The smallest absolute Gasteiger partial charge is 0.256 e. The number of pyridine rings is 1. The van der Waals surface area contributed by atoms with Crippen LogP contribution in [0.3, 0.4) is 0 Å². The number of aromatic nitrogens is 1. The van der Waals surface area contributed by atoms with Crippen LogP contribution in [-0.2, 0) is 0 Å². The number of methoxy groups -OCH3 is 1. The zero-order chi connectivity index (χ0) is 21.2. The molecule has 4 nitrogen and oxygen atoms in total. The van der Waals surface area contributed by atoms with E-state index < -0.39 is 0 Å². The van der Waals surface area contributed by atoms with E-state index in [0.29, 0.717) is 5.56 Å². The van der Waals surface area contributed by atoms with E-state index in [-0.39, 0.29) is 5.91 Å². The Balaban J connectivity index is 1.62. The predicted octanol–water partition coefficient (Wildman–Crippen LogP) is 6.32. The van der Waals surface area contributed by atoms with Gasteiger partial charge in [0.05, 0.1) is 23.9 Å². The van der Waals surface area contributed by atoms with Gasteiger partial charge in [-0.05, 0) is 35.7 Å². The number of carbonyl (C=O) groups excluding carboxylic acids is 1. The Hall–Kier alpha value is -4.18. The number of para-hydroxylation sites is 1. The Kier molecular flexibility index (Phi) is 4.81. The number of hydrogen-bond donors (Lipinski definition) is 1. The molecule has 0 spiro atoms. The summed E-state index contributed by atoms with van der Waals surface area (Å²) in [5.74, 6) is 0.577. The van der Waals surface area contributed by atoms with Gasteiger partial charge in [0.2, 0.25) is 0 Å². The molecule has 0 saturated carbocycles. The molecular weight excluding hydrogens is 384 g/mol. The van der Waals surface area contributed by atoms with Crippen LogP contribution in [-0.4, -0.2) is 18.0 Å². The molecule has 0 radical (unpaired) electrons. The van der Waals surface area contributed by atoms with Crippen molar-refractivity contribution in [2.24, 2.45) is 0 Å². The third-order valence-electron chi connectivity index (χ3n) is 5.36. The molecule has 1 N–H and O–H groups in total. The number of ether oxygens (including phenoxy) is 1. The monoisotopic (exact) mass is 404 g/mol. The molecule has 1 heterocycles. The maximum Gasteiger partial charge on any atom is 0.256 e. The summed E-state index contributed by atoms with van der Waals surface area (Å²) in [6.45, 7) is 0. The fraction of sp³-hybridized carbons (Fsp3) is 0.0370. The van der Waals surface area contributed by atoms with Crippen LogP contribution in [0.2, 0.25) is 0 Å². The minimum atomic E-state index is -0.168. The molecule has 31 heavy (non-hydrogen) atoms. The number of anilines is 1. The van der Waals surface area contributed by atoms with Gasteiger partial charge in [-0.2, -0.15) is 0 Å². The third kappa shape index (κ3) is 3.60. The Morgan fingerprint density at radius 2 is 1.55 bits per heavy atom. The number of nitrogens with one attached hydrogen (secondary N) is 1. The first-order valence-electron chi connectivity index (χ1n) is 10.1. The average molecular weight is 404 g/mol. The molecule has 0 atom stereocenters. The lowest BCUT2D eigenvalue weighted by atomic mass is 10.0.